The Balaban J connectivity index is 2.09. The molecular formula is C22H25NO3. The van der Waals surface area contributed by atoms with Gasteiger partial charge in [-0.3, -0.25) is 4.79 Å². The van der Waals surface area contributed by atoms with E-state index in [2.05, 4.69) is 38.2 Å². The van der Waals surface area contributed by atoms with Crippen molar-refractivity contribution in [3.63, 3.8) is 0 Å². The maximum absolute atomic E-state index is 12.2. The summed E-state index contributed by atoms with van der Waals surface area (Å²) in [5, 5.41) is 2.80. The molecule has 2 rings (SSSR count). The molecule has 0 bridgehead atoms. The van der Waals surface area contributed by atoms with Crippen molar-refractivity contribution < 1.29 is 14.3 Å². The third-order valence-corrected chi connectivity index (χ3v) is 4.20. The quantitative estimate of drug-likeness (QED) is 0.640. The van der Waals surface area contributed by atoms with E-state index in [-0.39, 0.29) is 11.3 Å². The lowest BCUT2D eigenvalue weighted by Crippen LogP contribution is -2.12. The van der Waals surface area contributed by atoms with Gasteiger partial charge in [-0.1, -0.05) is 51.1 Å². The van der Waals surface area contributed by atoms with Crippen LogP contribution in [-0.4, -0.2) is 19.0 Å². The largest absolute Gasteiger partial charge is 0.465 e. The minimum absolute atomic E-state index is 0.0990. The van der Waals surface area contributed by atoms with E-state index in [4.69, 9.17) is 4.74 Å². The summed E-state index contributed by atoms with van der Waals surface area (Å²) in [6, 6.07) is 13.3. The number of methoxy groups -OCH3 is 1. The second kappa shape index (κ2) is 8.00. The van der Waals surface area contributed by atoms with Crippen molar-refractivity contribution >= 4 is 23.6 Å². The summed E-state index contributed by atoms with van der Waals surface area (Å²) >= 11 is 0. The van der Waals surface area contributed by atoms with E-state index in [0.717, 1.165) is 5.56 Å². The molecule has 0 saturated heterocycles. The average molecular weight is 351 g/mol. The van der Waals surface area contributed by atoms with Gasteiger partial charge in [0.15, 0.2) is 0 Å². The highest BCUT2D eigenvalue weighted by Gasteiger charge is 2.13. The van der Waals surface area contributed by atoms with Gasteiger partial charge in [-0.25, -0.2) is 4.79 Å². The van der Waals surface area contributed by atoms with E-state index in [1.807, 2.05) is 12.1 Å². The fourth-order valence-electron chi connectivity index (χ4n) is 2.54. The number of rotatable bonds is 4. The molecule has 2 aromatic rings. The molecule has 0 unspecified atom stereocenters. The molecule has 4 heteroatoms. The summed E-state index contributed by atoms with van der Waals surface area (Å²) in [6.45, 7) is 8.26. The van der Waals surface area contributed by atoms with E-state index in [1.54, 1.807) is 31.2 Å². The van der Waals surface area contributed by atoms with Crippen LogP contribution in [0.4, 0.5) is 5.69 Å². The first-order chi connectivity index (χ1) is 12.2. The smallest absolute Gasteiger partial charge is 0.338 e. The average Bonchev–Trinajstić information content (AvgIpc) is 2.60. The molecule has 0 atom stereocenters. The third-order valence-electron chi connectivity index (χ3n) is 4.20. The Morgan fingerprint density at radius 3 is 2.27 bits per heavy atom. The molecule has 0 aromatic heterocycles. The number of nitrogens with one attached hydrogen (secondary N) is 1. The van der Waals surface area contributed by atoms with Crippen LogP contribution < -0.4 is 5.32 Å². The summed E-state index contributed by atoms with van der Waals surface area (Å²) in [7, 11) is 1.33. The summed E-state index contributed by atoms with van der Waals surface area (Å²) in [5.41, 5.74) is 4.00. The van der Waals surface area contributed by atoms with Crippen molar-refractivity contribution in [1.29, 1.82) is 0 Å². The minimum Gasteiger partial charge on any atom is -0.465 e. The Kier molecular flexibility index (Phi) is 5.98. The van der Waals surface area contributed by atoms with Crippen molar-refractivity contribution in [2.75, 3.05) is 12.4 Å². The molecule has 0 saturated carbocycles. The number of carbonyl (C=O) groups is 2. The molecule has 0 aliphatic carbocycles. The zero-order valence-electron chi connectivity index (χ0n) is 15.9. The Morgan fingerprint density at radius 1 is 1.04 bits per heavy atom. The van der Waals surface area contributed by atoms with Crippen LogP contribution in [-0.2, 0) is 14.9 Å². The van der Waals surface area contributed by atoms with Crippen molar-refractivity contribution in [3.8, 4) is 0 Å². The van der Waals surface area contributed by atoms with Crippen molar-refractivity contribution in [2.45, 2.75) is 33.1 Å². The van der Waals surface area contributed by atoms with Crippen molar-refractivity contribution in [3.05, 3.63) is 70.8 Å². The van der Waals surface area contributed by atoms with Gasteiger partial charge in [0.1, 0.15) is 0 Å². The number of hydrogen-bond acceptors (Lipinski definition) is 3. The van der Waals surface area contributed by atoms with E-state index in [0.29, 0.717) is 16.8 Å². The predicted octanol–water partition coefficient (Wildman–Crippen LogP) is 4.73. The van der Waals surface area contributed by atoms with Gasteiger partial charge in [0.25, 0.3) is 0 Å². The Hall–Kier alpha value is -2.88. The summed E-state index contributed by atoms with van der Waals surface area (Å²) in [6.07, 6.45) is 3.25. The minimum atomic E-state index is -0.423. The lowest BCUT2D eigenvalue weighted by Gasteiger charge is -2.18. The van der Waals surface area contributed by atoms with Gasteiger partial charge in [0, 0.05) is 11.8 Å². The van der Waals surface area contributed by atoms with Crippen LogP contribution in [0.15, 0.2) is 48.5 Å². The lowest BCUT2D eigenvalue weighted by atomic mass is 9.87. The van der Waals surface area contributed by atoms with Crippen LogP contribution in [0.5, 0.6) is 0 Å². The van der Waals surface area contributed by atoms with Crippen molar-refractivity contribution in [2.24, 2.45) is 0 Å². The van der Waals surface area contributed by atoms with Crippen LogP contribution in [0.25, 0.3) is 6.08 Å². The Labute approximate surface area is 154 Å². The maximum atomic E-state index is 12.2. The zero-order valence-corrected chi connectivity index (χ0v) is 15.9. The molecule has 0 heterocycles. The number of ether oxygens (including phenoxy) is 1. The Morgan fingerprint density at radius 2 is 1.69 bits per heavy atom. The second-order valence-corrected chi connectivity index (χ2v) is 7.16. The normalized spacial score (nSPS) is 11.4. The molecule has 0 aliphatic heterocycles. The Bertz CT molecular complexity index is 827. The van der Waals surface area contributed by atoms with Crippen LogP contribution in [0.3, 0.4) is 0 Å². The molecule has 0 fully saturated rings. The number of hydrogen-bond donors (Lipinski definition) is 1. The monoisotopic (exact) mass is 351 g/mol. The van der Waals surface area contributed by atoms with E-state index < -0.39 is 5.97 Å². The highest BCUT2D eigenvalue weighted by molar-refractivity contribution is 6.03. The first-order valence-electron chi connectivity index (χ1n) is 8.50. The maximum Gasteiger partial charge on any atom is 0.338 e. The van der Waals surface area contributed by atoms with E-state index in [1.165, 1.54) is 18.7 Å². The first-order valence-corrected chi connectivity index (χ1v) is 8.50. The van der Waals surface area contributed by atoms with Gasteiger partial charge >= 0.3 is 5.97 Å². The fourth-order valence-corrected chi connectivity index (χ4v) is 2.54. The van der Waals surface area contributed by atoms with Crippen molar-refractivity contribution in [1.82, 2.24) is 0 Å². The lowest BCUT2D eigenvalue weighted by molar-refractivity contribution is -0.111. The molecule has 136 valence electrons. The number of benzene rings is 2. The number of esters is 1. The molecule has 0 radical (unpaired) electrons. The van der Waals surface area contributed by atoms with Crippen LogP contribution in [0.1, 0.15) is 47.8 Å². The number of carbonyl (C=O) groups excluding carboxylic acids is 2. The van der Waals surface area contributed by atoms with Crippen LogP contribution in [0, 0.1) is 6.92 Å². The van der Waals surface area contributed by atoms with E-state index >= 15 is 0 Å². The highest BCUT2D eigenvalue weighted by atomic mass is 16.5. The van der Waals surface area contributed by atoms with Crippen LogP contribution in [0.2, 0.25) is 0 Å². The molecule has 4 nitrogen and oxygen atoms in total. The van der Waals surface area contributed by atoms with Gasteiger partial charge in [-0.05, 0) is 47.2 Å². The van der Waals surface area contributed by atoms with E-state index in [9.17, 15) is 9.59 Å². The SMILES string of the molecule is COC(=O)c1cccc(NC(=O)/C=C/c2ccc(C(C)(C)C)cc2)c1C. The summed E-state index contributed by atoms with van der Waals surface area (Å²) < 4.78 is 4.75. The van der Waals surface area contributed by atoms with Gasteiger partial charge < -0.3 is 10.1 Å². The third kappa shape index (κ3) is 4.82. The zero-order chi connectivity index (χ0) is 19.3. The van der Waals surface area contributed by atoms with Gasteiger partial charge in [-0.15, -0.1) is 0 Å². The molecule has 1 amide bonds. The standard InChI is InChI=1S/C22H25NO3/c1-15-18(21(25)26-5)7-6-8-19(15)23-20(24)14-11-16-9-12-17(13-10-16)22(2,3)4/h6-14H,1-5H3,(H,23,24)/b14-11+. The second-order valence-electron chi connectivity index (χ2n) is 7.16. The molecule has 1 N–H and O–H groups in total. The number of anilines is 1. The number of amides is 1. The molecule has 0 spiro atoms. The summed E-state index contributed by atoms with van der Waals surface area (Å²) in [4.78, 5) is 23.9. The molecular weight excluding hydrogens is 326 g/mol. The highest BCUT2D eigenvalue weighted by Crippen LogP contribution is 2.23. The van der Waals surface area contributed by atoms with Crippen LogP contribution >= 0.6 is 0 Å². The van der Waals surface area contributed by atoms with Gasteiger partial charge in [0.2, 0.25) is 5.91 Å². The first kappa shape index (κ1) is 19.4. The topological polar surface area (TPSA) is 55.4 Å². The molecule has 26 heavy (non-hydrogen) atoms. The fraction of sp³-hybridized carbons (Fsp3) is 0.273. The van der Waals surface area contributed by atoms with Gasteiger partial charge in [-0.2, -0.15) is 0 Å². The molecule has 0 aliphatic rings. The van der Waals surface area contributed by atoms with Gasteiger partial charge in [0.05, 0.1) is 12.7 Å². The predicted molar refractivity (Wildman–Crippen MR) is 105 cm³/mol. The summed E-state index contributed by atoms with van der Waals surface area (Å²) in [5.74, 6) is -0.678. The molecule has 2 aromatic carbocycles.